The van der Waals surface area contributed by atoms with Crippen LogP contribution >= 0.6 is 0 Å². The summed E-state index contributed by atoms with van der Waals surface area (Å²) in [5.41, 5.74) is -2.29. The maximum absolute atomic E-state index is 10.6. The second-order valence-electron chi connectivity index (χ2n) is 2.92. The second kappa shape index (κ2) is 6.35. The first-order valence-electron chi connectivity index (χ1n) is 4.11. The van der Waals surface area contributed by atoms with Crippen LogP contribution in [0.15, 0.2) is 18.2 Å². The Kier molecular flexibility index (Phi) is 6.12. The molecule has 0 aliphatic carbocycles. The Morgan fingerprint density at radius 3 is 2.53 bits per heavy atom. The molecule has 1 N–H and O–H groups in total. The molecule has 0 aliphatic heterocycles. The van der Waals surface area contributed by atoms with Crippen LogP contribution in [0.25, 0.3) is 0 Å². The third-order valence-corrected chi connectivity index (χ3v) is 2.72. The van der Waals surface area contributed by atoms with Gasteiger partial charge in [0, 0.05) is 0 Å². The molecule has 0 aromatic heterocycles. The van der Waals surface area contributed by atoms with Crippen LogP contribution in [-0.2, 0) is 10.1 Å². The normalized spacial score (nSPS) is 12.1. The van der Waals surface area contributed by atoms with E-state index in [0.717, 1.165) is 6.07 Å². The van der Waals surface area contributed by atoms with Crippen LogP contribution in [0.1, 0.15) is 16.6 Å². The Morgan fingerprint density at radius 2 is 2.12 bits per heavy atom. The summed E-state index contributed by atoms with van der Waals surface area (Å²) >= 11 is 0. The van der Waals surface area contributed by atoms with Crippen molar-refractivity contribution in [2.24, 2.45) is 0 Å². The Balaban J connectivity index is 0.00000256. The molecule has 0 amide bonds. The van der Waals surface area contributed by atoms with Gasteiger partial charge in [-0.05, 0) is 17.7 Å². The first kappa shape index (κ1) is 16.4. The number of aliphatic hydroxyl groups is 1. The van der Waals surface area contributed by atoms with Crippen molar-refractivity contribution >= 4 is 10.1 Å². The molecule has 0 heterocycles. The molecule has 0 spiro atoms. The van der Waals surface area contributed by atoms with Crippen molar-refractivity contribution in [2.45, 2.75) is 5.44 Å². The van der Waals surface area contributed by atoms with E-state index in [1.807, 2.05) is 0 Å². The maximum Gasteiger partial charge on any atom is 1.00 e. The van der Waals surface area contributed by atoms with Crippen molar-refractivity contribution in [1.82, 2.24) is 0 Å². The Bertz CT molecular complexity index is 537. The summed E-state index contributed by atoms with van der Waals surface area (Å²) in [5.74, 6) is 0.238. The standard InChI is InChI=1S/C9H9NO5S.Na/c1-15-8-3-2-6(4-7(8)5-10)9(11)16(12,13)14;/h2-4,9,11H,1H3,(H,12,13,14);/q;+1/p-1. The molecule has 1 rings (SSSR count). The molecule has 17 heavy (non-hydrogen) atoms. The van der Waals surface area contributed by atoms with Gasteiger partial charge < -0.3 is 14.4 Å². The number of ether oxygens (including phenoxy) is 1. The average molecular weight is 265 g/mol. The topological polar surface area (TPSA) is 110 Å². The fourth-order valence-electron chi connectivity index (χ4n) is 1.13. The quantitative estimate of drug-likeness (QED) is 0.464. The number of hydrogen-bond acceptors (Lipinski definition) is 6. The minimum atomic E-state index is -4.85. The van der Waals surface area contributed by atoms with Gasteiger partial charge in [0.05, 0.1) is 12.7 Å². The van der Waals surface area contributed by atoms with Gasteiger partial charge in [-0.2, -0.15) is 5.26 Å². The Labute approximate surface area is 121 Å². The molecule has 0 aliphatic rings. The molecule has 6 nitrogen and oxygen atoms in total. The summed E-state index contributed by atoms with van der Waals surface area (Å²) in [6, 6.07) is 5.37. The van der Waals surface area contributed by atoms with Gasteiger partial charge in [-0.3, -0.25) is 0 Å². The van der Waals surface area contributed by atoms with E-state index in [2.05, 4.69) is 0 Å². The summed E-state index contributed by atoms with van der Waals surface area (Å²) in [4.78, 5) is 0. The van der Waals surface area contributed by atoms with Crippen molar-refractivity contribution in [3.05, 3.63) is 29.3 Å². The molecule has 86 valence electrons. The zero-order chi connectivity index (χ0) is 12.3. The minimum absolute atomic E-state index is 0. The van der Waals surface area contributed by atoms with Crippen molar-refractivity contribution < 1.29 is 52.4 Å². The van der Waals surface area contributed by atoms with E-state index in [-0.39, 0.29) is 46.4 Å². The van der Waals surface area contributed by atoms with Crippen LogP contribution in [0.3, 0.4) is 0 Å². The summed E-state index contributed by atoms with van der Waals surface area (Å²) < 4.78 is 36.5. The van der Waals surface area contributed by atoms with Gasteiger partial charge in [-0.15, -0.1) is 0 Å². The molecule has 0 radical (unpaired) electrons. The molecule has 1 atom stereocenters. The first-order valence-corrected chi connectivity index (χ1v) is 5.58. The average Bonchev–Trinajstić information content (AvgIpc) is 2.25. The summed E-state index contributed by atoms with van der Waals surface area (Å²) in [6.07, 6.45) is 0. The number of methoxy groups -OCH3 is 1. The second-order valence-corrected chi connectivity index (χ2v) is 4.35. The third-order valence-electron chi connectivity index (χ3n) is 1.90. The molecule has 1 aromatic carbocycles. The van der Waals surface area contributed by atoms with Gasteiger partial charge in [0.25, 0.3) is 0 Å². The zero-order valence-corrected chi connectivity index (χ0v) is 12.1. The third kappa shape index (κ3) is 3.96. The van der Waals surface area contributed by atoms with Crippen LogP contribution in [-0.4, -0.2) is 25.2 Å². The van der Waals surface area contributed by atoms with Gasteiger partial charge in [-0.1, -0.05) is 6.07 Å². The van der Waals surface area contributed by atoms with Crippen LogP contribution < -0.4 is 34.3 Å². The monoisotopic (exact) mass is 265 g/mol. The number of benzene rings is 1. The minimum Gasteiger partial charge on any atom is -0.746 e. The van der Waals surface area contributed by atoms with Crippen LogP contribution in [0.2, 0.25) is 0 Å². The van der Waals surface area contributed by atoms with Gasteiger partial charge in [0.2, 0.25) is 0 Å². The van der Waals surface area contributed by atoms with Gasteiger partial charge in [0.1, 0.15) is 21.9 Å². The van der Waals surface area contributed by atoms with E-state index in [4.69, 9.17) is 10.00 Å². The van der Waals surface area contributed by atoms with Crippen LogP contribution in [0.5, 0.6) is 5.75 Å². The van der Waals surface area contributed by atoms with E-state index in [9.17, 15) is 18.1 Å². The summed E-state index contributed by atoms with van der Waals surface area (Å²) in [7, 11) is -3.50. The summed E-state index contributed by atoms with van der Waals surface area (Å²) in [5, 5.41) is 17.9. The molecular weight excluding hydrogens is 257 g/mol. The number of hydrogen-bond donors (Lipinski definition) is 1. The number of rotatable bonds is 3. The van der Waals surface area contributed by atoms with E-state index in [1.54, 1.807) is 6.07 Å². The number of nitriles is 1. The van der Waals surface area contributed by atoms with Crippen molar-refractivity contribution in [3.63, 3.8) is 0 Å². The molecule has 1 aromatic rings. The fraction of sp³-hybridized carbons (Fsp3) is 0.222. The van der Waals surface area contributed by atoms with Crippen molar-refractivity contribution in [2.75, 3.05) is 7.11 Å². The molecule has 8 heteroatoms. The Hall–Kier alpha value is -0.620. The van der Waals surface area contributed by atoms with Gasteiger partial charge in [-0.25, -0.2) is 8.42 Å². The molecule has 0 bridgehead atoms. The predicted octanol–water partition coefficient (Wildman–Crippen LogP) is -2.89. The SMILES string of the molecule is COc1ccc(C(O)S(=O)(=O)[O-])cc1C#N.[Na+]. The van der Waals surface area contributed by atoms with Gasteiger partial charge in [0.15, 0.2) is 5.44 Å². The van der Waals surface area contributed by atoms with Crippen LogP contribution in [0, 0.1) is 11.3 Å². The predicted molar refractivity (Wildman–Crippen MR) is 52.4 cm³/mol. The smallest absolute Gasteiger partial charge is 0.746 e. The van der Waals surface area contributed by atoms with Crippen molar-refractivity contribution in [3.8, 4) is 11.8 Å². The van der Waals surface area contributed by atoms with E-state index < -0.39 is 15.6 Å². The van der Waals surface area contributed by atoms with Gasteiger partial charge >= 0.3 is 29.6 Å². The molecular formula is C9H8NNaO5S. The molecule has 0 saturated heterocycles. The van der Waals surface area contributed by atoms with E-state index in [1.165, 1.54) is 19.2 Å². The van der Waals surface area contributed by atoms with E-state index >= 15 is 0 Å². The van der Waals surface area contributed by atoms with Crippen molar-refractivity contribution in [1.29, 1.82) is 5.26 Å². The molecule has 1 unspecified atom stereocenters. The number of nitrogens with zero attached hydrogens (tertiary/aromatic N) is 1. The molecule has 0 saturated carbocycles. The van der Waals surface area contributed by atoms with Crippen LogP contribution in [0.4, 0.5) is 0 Å². The Morgan fingerprint density at radius 1 is 1.53 bits per heavy atom. The summed E-state index contributed by atoms with van der Waals surface area (Å²) in [6.45, 7) is 0. The zero-order valence-electron chi connectivity index (χ0n) is 9.25. The fourth-order valence-corrected chi connectivity index (χ4v) is 1.61. The molecule has 0 fully saturated rings. The maximum atomic E-state index is 10.6. The largest absolute Gasteiger partial charge is 1.00 e. The van der Waals surface area contributed by atoms with E-state index in [0.29, 0.717) is 0 Å². The first-order chi connectivity index (χ1) is 7.40. The number of aliphatic hydroxyl groups excluding tert-OH is 1.